The minimum Gasteiger partial charge on any atom is -0.381 e. The average molecular weight is 455 g/mol. The molecule has 34 heavy (non-hydrogen) atoms. The van der Waals surface area contributed by atoms with Crippen molar-refractivity contribution in [2.45, 2.75) is 19.4 Å². The van der Waals surface area contributed by atoms with E-state index in [4.69, 9.17) is 0 Å². The Labute approximate surface area is 200 Å². The molecule has 1 fully saturated rings. The molecule has 2 aliphatic heterocycles. The van der Waals surface area contributed by atoms with Crippen LogP contribution in [0, 0.1) is 0 Å². The summed E-state index contributed by atoms with van der Waals surface area (Å²) in [5.74, 6) is 0.704. The van der Waals surface area contributed by atoms with Crippen molar-refractivity contribution in [1.29, 1.82) is 0 Å². The molecule has 174 valence electrons. The molecule has 3 aromatic rings. The molecule has 1 amide bonds. The van der Waals surface area contributed by atoms with Gasteiger partial charge in [0.15, 0.2) is 0 Å². The molecule has 0 spiro atoms. The Morgan fingerprint density at radius 1 is 1.06 bits per heavy atom. The first-order valence-corrected chi connectivity index (χ1v) is 11.8. The van der Waals surface area contributed by atoms with Crippen LogP contribution in [0.4, 0.5) is 17.2 Å². The Hall–Kier alpha value is -3.71. The highest BCUT2D eigenvalue weighted by Gasteiger charge is 2.20. The van der Waals surface area contributed by atoms with Crippen LogP contribution < -0.4 is 15.5 Å². The third kappa shape index (κ3) is 4.79. The van der Waals surface area contributed by atoms with Gasteiger partial charge in [0.25, 0.3) is 5.91 Å². The second kappa shape index (κ2) is 9.65. The maximum absolute atomic E-state index is 13.2. The summed E-state index contributed by atoms with van der Waals surface area (Å²) in [4.78, 5) is 26.5. The van der Waals surface area contributed by atoms with Crippen molar-refractivity contribution in [2.75, 3.05) is 49.3 Å². The fraction of sp³-hybridized carbons (Fsp3) is 0.296. The van der Waals surface area contributed by atoms with E-state index < -0.39 is 0 Å². The first-order chi connectivity index (χ1) is 16.6. The van der Waals surface area contributed by atoms with E-state index >= 15 is 0 Å². The fourth-order valence-corrected chi connectivity index (χ4v) is 4.54. The van der Waals surface area contributed by atoms with Crippen LogP contribution in [0.15, 0.2) is 61.1 Å². The standard InChI is InChI=1S/C27H30N6O/c1-32(2)26-8-6-22(17-30-26)31-27(34)23-9-10-29-25-7-5-20(14-24(23)25)21-13-19(15-28-16-21)18-33-11-3-4-12-33/h5-9,13-17,29H,3-4,10-12,18H2,1-2H3,(H,31,34). The molecule has 2 aromatic heterocycles. The molecule has 2 aliphatic rings. The van der Waals surface area contributed by atoms with E-state index in [2.05, 4.69) is 43.7 Å². The van der Waals surface area contributed by atoms with Gasteiger partial charge in [0.05, 0.1) is 11.9 Å². The maximum atomic E-state index is 13.2. The first kappa shape index (κ1) is 22.1. The zero-order chi connectivity index (χ0) is 23.5. The minimum atomic E-state index is -0.139. The molecule has 1 aromatic carbocycles. The van der Waals surface area contributed by atoms with Crippen LogP contribution >= 0.6 is 0 Å². The second-order valence-electron chi connectivity index (χ2n) is 9.08. The van der Waals surface area contributed by atoms with Gasteiger partial charge in [-0.3, -0.25) is 14.7 Å². The van der Waals surface area contributed by atoms with Crippen molar-refractivity contribution in [1.82, 2.24) is 14.9 Å². The van der Waals surface area contributed by atoms with Gasteiger partial charge >= 0.3 is 0 Å². The van der Waals surface area contributed by atoms with E-state index in [1.807, 2.05) is 55.7 Å². The molecular weight excluding hydrogens is 424 g/mol. The van der Waals surface area contributed by atoms with Crippen molar-refractivity contribution < 1.29 is 4.79 Å². The van der Waals surface area contributed by atoms with Crippen molar-refractivity contribution >= 4 is 28.7 Å². The smallest absolute Gasteiger partial charge is 0.256 e. The molecule has 4 heterocycles. The van der Waals surface area contributed by atoms with Gasteiger partial charge in [0.2, 0.25) is 0 Å². The SMILES string of the molecule is CN(C)c1ccc(NC(=O)C2=CCNc3ccc(-c4cncc(CN5CCCC5)c4)cc32)cn1. The average Bonchev–Trinajstić information content (AvgIpc) is 3.37. The molecule has 7 nitrogen and oxygen atoms in total. The lowest BCUT2D eigenvalue weighted by Gasteiger charge is -2.20. The van der Waals surface area contributed by atoms with E-state index in [9.17, 15) is 4.79 Å². The van der Waals surface area contributed by atoms with Crippen LogP contribution in [0.1, 0.15) is 24.0 Å². The molecule has 1 saturated heterocycles. The molecule has 5 rings (SSSR count). The van der Waals surface area contributed by atoms with Crippen molar-refractivity contribution in [3.05, 3.63) is 72.2 Å². The number of rotatable bonds is 6. The minimum absolute atomic E-state index is 0.139. The Morgan fingerprint density at radius 3 is 2.68 bits per heavy atom. The summed E-state index contributed by atoms with van der Waals surface area (Å²) >= 11 is 0. The number of hydrogen-bond acceptors (Lipinski definition) is 6. The molecule has 7 heteroatoms. The van der Waals surface area contributed by atoms with Crippen LogP contribution in [0.25, 0.3) is 16.7 Å². The summed E-state index contributed by atoms with van der Waals surface area (Å²) < 4.78 is 0. The second-order valence-corrected chi connectivity index (χ2v) is 9.08. The maximum Gasteiger partial charge on any atom is 0.256 e. The van der Waals surface area contributed by atoms with Crippen molar-refractivity contribution in [3.63, 3.8) is 0 Å². The van der Waals surface area contributed by atoms with E-state index in [1.165, 1.54) is 18.4 Å². The number of nitrogens with zero attached hydrogens (tertiary/aromatic N) is 4. The Balaban J connectivity index is 1.37. The summed E-state index contributed by atoms with van der Waals surface area (Å²) in [6.45, 7) is 3.86. The van der Waals surface area contributed by atoms with Gasteiger partial charge in [-0.1, -0.05) is 12.1 Å². The Kier molecular flexibility index (Phi) is 6.27. The van der Waals surface area contributed by atoms with E-state index in [1.54, 1.807) is 6.20 Å². The number of hydrogen-bond donors (Lipinski definition) is 2. The molecule has 0 unspecified atom stereocenters. The van der Waals surface area contributed by atoms with Gasteiger partial charge in [-0.25, -0.2) is 4.98 Å². The molecule has 0 saturated carbocycles. The third-order valence-electron chi connectivity index (χ3n) is 6.35. The molecule has 2 N–H and O–H groups in total. The fourth-order valence-electron chi connectivity index (χ4n) is 4.54. The highest BCUT2D eigenvalue weighted by molar-refractivity contribution is 6.27. The molecule has 0 bridgehead atoms. The lowest BCUT2D eigenvalue weighted by atomic mass is 9.95. The zero-order valence-corrected chi connectivity index (χ0v) is 19.7. The van der Waals surface area contributed by atoms with Crippen molar-refractivity contribution in [3.8, 4) is 11.1 Å². The summed E-state index contributed by atoms with van der Waals surface area (Å²) in [6, 6.07) is 12.2. The monoisotopic (exact) mass is 454 g/mol. The number of benzene rings is 1. The van der Waals surface area contributed by atoms with Crippen LogP contribution in [0.3, 0.4) is 0 Å². The highest BCUT2D eigenvalue weighted by atomic mass is 16.1. The summed E-state index contributed by atoms with van der Waals surface area (Å²) in [7, 11) is 3.87. The molecule has 0 radical (unpaired) electrons. The number of carbonyl (C=O) groups is 1. The van der Waals surface area contributed by atoms with Gasteiger partial charge in [0.1, 0.15) is 5.82 Å². The highest BCUT2D eigenvalue weighted by Crippen LogP contribution is 2.33. The number of amides is 1. The van der Waals surface area contributed by atoms with E-state index in [0.29, 0.717) is 17.8 Å². The zero-order valence-electron chi connectivity index (χ0n) is 19.7. The number of fused-ring (bicyclic) bond motifs is 1. The molecule has 0 atom stereocenters. The largest absolute Gasteiger partial charge is 0.381 e. The number of likely N-dealkylation sites (tertiary alicyclic amines) is 1. The number of pyridine rings is 2. The third-order valence-corrected chi connectivity index (χ3v) is 6.35. The summed E-state index contributed by atoms with van der Waals surface area (Å²) in [6.07, 6.45) is 10.0. The van der Waals surface area contributed by atoms with Gasteiger partial charge < -0.3 is 15.5 Å². The number of anilines is 3. The molecule has 0 aliphatic carbocycles. The van der Waals surface area contributed by atoms with E-state index in [-0.39, 0.29) is 5.91 Å². The van der Waals surface area contributed by atoms with Crippen LogP contribution in [-0.2, 0) is 11.3 Å². The topological polar surface area (TPSA) is 73.4 Å². The Morgan fingerprint density at radius 2 is 1.91 bits per heavy atom. The predicted molar refractivity (Wildman–Crippen MR) is 138 cm³/mol. The lowest BCUT2D eigenvalue weighted by Crippen LogP contribution is -2.19. The Bertz CT molecular complexity index is 1210. The quantitative estimate of drug-likeness (QED) is 0.580. The lowest BCUT2D eigenvalue weighted by molar-refractivity contribution is -0.111. The predicted octanol–water partition coefficient (Wildman–Crippen LogP) is 4.25. The van der Waals surface area contributed by atoms with Crippen LogP contribution in [-0.4, -0.2) is 54.5 Å². The molecular formula is C27H30N6O. The van der Waals surface area contributed by atoms with Crippen molar-refractivity contribution in [2.24, 2.45) is 0 Å². The number of nitrogens with one attached hydrogen (secondary N) is 2. The number of aromatic nitrogens is 2. The van der Waals surface area contributed by atoms with Gasteiger partial charge in [0, 0.05) is 62.0 Å². The van der Waals surface area contributed by atoms with Gasteiger partial charge in [-0.05, 0) is 67.4 Å². The first-order valence-electron chi connectivity index (χ1n) is 11.8. The van der Waals surface area contributed by atoms with Crippen LogP contribution in [0.2, 0.25) is 0 Å². The summed E-state index contributed by atoms with van der Waals surface area (Å²) in [5, 5.41) is 6.37. The summed E-state index contributed by atoms with van der Waals surface area (Å²) in [5.41, 5.74) is 6.52. The van der Waals surface area contributed by atoms with Crippen LogP contribution in [0.5, 0.6) is 0 Å². The number of carbonyl (C=O) groups excluding carboxylic acids is 1. The van der Waals surface area contributed by atoms with Gasteiger partial charge in [-0.2, -0.15) is 0 Å². The normalized spacial score (nSPS) is 15.3. The van der Waals surface area contributed by atoms with E-state index in [0.717, 1.165) is 47.8 Å². The van der Waals surface area contributed by atoms with Gasteiger partial charge in [-0.15, -0.1) is 0 Å².